The van der Waals surface area contributed by atoms with Gasteiger partial charge >= 0.3 is 0 Å². The molecule has 1 amide bonds. The third-order valence-corrected chi connectivity index (χ3v) is 3.67. The Kier molecular flexibility index (Phi) is 3.51. The lowest BCUT2D eigenvalue weighted by Gasteiger charge is -2.11. The van der Waals surface area contributed by atoms with E-state index < -0.39 is 0 Å². The number of para-hydroxylation sites is 1. The monoisotopic (exact) mass is 292 g/mol. The van der Waals surface area contributed by atoms with Gasteiger partial charge in [0.1, 0.15) is 0 Å². The first-order chi connectivity index (χ1) is 10.6. The molecule has 0 fully saturated rings. The van der Waals surface area contributed by atoms with Crippen molar-refractivity contribution in [2.45, 2.75) is 6.92 Å². The molecule has 0 radical (unpaired) electrons. The first-order valence-corrected chi connectivity index (χ1v) is 7.03. The minimum atomic E-state index is -0.278. The molecule has 0 saturated carbocycles. The molecule has 110 valence electrons. The molecule has 0 saturated heterocycles. The summed E-state index contributed by atoms with van der Waals surface area (Å²) in [5.41, 5.74) is 2.71. The van der Waals surface area contributed by atoms with Crippen molar-refractivity contribution in [3.8, 4) is 0 Å². The summed E-state index contributed by atoms with van der Waals surface area (Å²) in [6.45, 7) is 1.96. The number of carbonyl (C=O) groups is 1. The average Bonchev–Trinajstić information content (AvgIpc) is 2.51. The van der Waals surface area contributed by atoms with E-state index in [0.29, 0.717) is 5.56 Å². The topological polar surface area (TPSA) is 51.1 Å². The zero-order valence-corrected chi connectivity index (χ0v) is 12.5. The molecule has 1 aromatic heterocycles. The van der Waals surface area contributed by atoms with E-state index in [1.54, 1.807) is 11.6 Å². The minimum absolute atomic E-state index is 0.201. The third kappa shape index (κ3) is 2.51. The quantitative estimate of drug-likeness (QED) is 0.789. The summed E-state index contributed by atoms with van der Waals surface area (Å²) in [4.78, 5) is 24.6. The number of rotatable bonds is 2. The van der Waals surface area contributed by atoms with Crippen molar-refractivity contribution >= 4 is 22.5 Å². The highest BCUT2D eigenvalue weighted by Crippen LogP contribution is 2.18. The number of aromatic nitrogens is 1. The van der Waals surface area contributed by atoms with Gasteiger partial charge in [0.15, 0.2) is 0 Å². The number of benzene rings is 2. The number of nitrogens with zero attached hydrogens (tertiary/aromatic N) is 1. The van der Waals surface area contributed by atoms with Gasteiger partial charge in [0, 0.05) is 24.2 Å². The number of nitrogens with one attached hydrogen (secondary N) is 1. The van der Waals surface area contributed by atoms with Gasteiger partial charge in [-0.25, -0.2) is 0 Å². The van der Waals surface area contributed by atoms with E-state index in [4.69, 9.17) is 0 Å². The van der Waals surface area contributed by atoms with E-state index in [9.17, 15) is 9.59 Å². The third-order valence-electron chi connectivity index (χ3n) is 3.67. The Bertz CT molecular complexity index is 926. The fourth-order valence-corrected chi connectivity index (χ4v) is 2.52. The zero-order valence-electron chi connectivity index (χ0n) is 12.5. The Morgan fingerprint density at radius 2 is 1.82 bits per heavy atom. The average molecular weight is 292 g/mol. The molecule has 2 aromatic carbocycles. The van der Waals surface area contributed by atoms with Gasteiger partial charge in [-0.15, -0.1) is 0 Å². The van der Waals surface area contributed by atoms with Crippen LogP contribution in [-0.4, -0.2) is 10.5 Å². The summed E-state index contributed by atoms with van der Waals surface area (Å²) >= 11 is 0. The Hall–Kier alpha value is -2.88. The van der Waals surface area contributed by atoms with Crippen molar-refractivity contribution in [1.29, 1.82) is 0 Å². The highest BCUT2D eigenvalue weighted by Gasteiger charge is 2.13. The van der Waals surface area contributed by atoms with Crippen LogP contribution in [0.15, 0.2) is 59.4 Å². The highest BCUT2D eigenvalue weighted by molar-refractivity contribution is 6.12. The normalized spacial score (nSPS) is 10.6. The molecule has 4 nitrogen and oxygen atoms in total. The van der Waals surface area contributed by atoms with Gasteiger partial charge in [0.05, 0.1) is 11.1 Å². The molecule has 4 heteroatoms. The summed E-state index contributed by atoms with van der Waals surface area (Å²) in [6, 6.07) is 16.3. The largest absolute Gasteiger partial charge is 0.322 e. The fourth-order valence-electron chi connectivity index (χ4n) is 2.52. The summed E-state index contributed by atoms with van der Waals surface area (Å²) in [5, 5.41) is 3.61. The molecule has 0 aliphatic carbocycles. The van der Waals surface area contributed by atoms with E-state index >= 15 is 0 Å². The molecule has 22 heavy (non-hydrogen) atoms. The van der Waals surface area contributed by atoms with E-state index in [1.165, 1.54) is 6.07 Å². The summed E-state index contributed by atoms with van der Waals surface area (Å²) in [6.07, 6.45) is 0. The standard InChI is InChI=1S/C18H16N2O2/c1-12-6-5-7-13(10-12)19-18(22)15-11-17(21)20(2)16-9-4-3-8-14(15)16/h3-11H,1-2H3,(H,19,22). The smallest absolute Gasteiger partial charge is 0.256 e. The van der Waals surface area contributed by atoms with Gasteiger partial charge in [-0.05, 0) is 30.7 Å². The van der Waals surface area contributed by atoms with Gasteiger partial charge in [-0.3, -0.25) is 9.59 Å². The Labute approximate surface area is 128 Å². The number of aryl methyl sites for hydroxylation is 2. The molecular formula is C18H16N2O2. The fraction of sp³-hybridized carbons (Fsp3) is 0.111. The van der Waals surface area contributed by atoms with Crippen molar-refractivity contribution in [3.63, 3.8) is 0 Å². The van der Waals surface area contributed by atoms with Crippen LogP contribution >= 0.6 is 0 Å². The maximum Gasteiger partial charge on any atom is 0.256 e. The van der Waals surface area contributed by atoms with Crippen LogP contribution in [0.5, 0.6) is 0 Å². The van der Waals surface area contributed by atoms with Crippen LogP contribution in [0.1, 0.15) is 15.9 Å². The first kappa shape index (κ1) is 14.1. The minimum Gasteiger partial charge on any atom is -0.322 e. The Balaban J connectivity index is 2.08. The van der Waals surface area contributed by atoms with Gasteiger partial charge in [0.25, 0.3) is 11.5 Å². The van der Waals surface area contributed by atoms with E-state index in [-0.39, 0.29) is 11.5 Å². The number of hydrogen-bond donors (Lipinski definition) is 1. The second-order valence-electron chi connectivity index (χ2n) is 5.30. The van der Waals surface area contributed by atoms with Crippen LogP contribution < -0.4 is 10.9 Å². The van der Waals surface area contributed by atoms with Crippen LogP contribution in [0.2, 0.25) is 0 Å². The molecule has 3 rings (SSSR count). The maximum absolute atomic E-state index is 12.5. The van der Waals surface area contributed by atoms with E-state index in [1.807, 2.05) is 55.5 Å². The second kappa shape index (κ2) is 5.48. The Morgan fingerprint density at radius 1 is 1.05 bits per heavy atom. The lowest BCUT2D eigenvalue weighted by molar-refractivity contribution is 0.102. The molecule has 1 N–H and O–H groups in total. The zero-order chi connectivity index (χ0) is 15.7. The number of pyridine rings is 1. The summed E-state index contributed by atoms with van der Waals surface area (Å²) in [7, 11) is 1.70. The van der Waals surface area contributed by atoms with Crippen molar-refractivity contribution in [2.75, 3.05) is 5.32 Å². The second-order valence-corrected chi connectivity index (χ2v) is 5.30. The summed E-state index contributed by atoms with van der Waals surface area (Å²) < 4.78 is 1.54. The lowest BCUT2D eigenvalue weighted by Crippen LogP contribution is -2.21. The van der Waals surface area contributed by atoms with Crippen LogP contribution in [0, 0.1) is 6.92 Å². The number of hydrogen-bond acceptors (Lipinski definition) is 2. The van der Waals surface area contributed by atoms with Gasteiger partial charge in [0.2, 0.25) is 0 Å². The molecule has 0 aliphatic heterocycles. The number of amides is 1. The van der Waals surface area contributed by atoms with Crippen LogP contribution in [0.25, 0.3) is 10.9 Å². The molecule has 1 heterocycles. The molecule has 0 atom stereocenters. The lowest BCUT2D eigenvalue weighted by atomic mass is 10.1. The summed E-state index contributed by atoms with van der Waals surface area (Å²) in [5.74, 6) is -0.278. The SMILES string of the molecule is Cc1cccc(NC(=O)c2cc(=O)n(C)c3ccccc23)c1. The van der Waals surface area contributed by atoms with Crippen molar-refractivity contribution in [2.24, 2.45) is 7.05 Å². The molecular weight excluding hydrogens is 276 g/mol. The van der Waals surface area contributed by atoms with Crippen molar-refractivity contribution in [3.05, 3.63) is 76.1 Å². The van der Waals surface area contributed by atoms with Crippen molar-refractivity contribution in [1.82, 2.24) is 4.57 Å². The molecule has 0 aliphatic rings. The highest BCUT2D eigenvalue weighted by atomic mass is 16.2. The van der Waals surface area contributed by atoms with Gasteiger partial charge in [-0.1, -0.05) is 30.3 Å². The van der Waals surface area contributed by atoms with Crippen LogP contribution in [0.4, 0.5) is 5.69 Å². The van der Waals surface area contributed by atoms with Crippen molar-refractivity contribution < 1.29 is 4.79 Å². The number of anilines is 1. The first-order valence-electron chi connectivity index (χ1n) is 7.03. The number of carbonyl (C=O) groups excluding carboxylic acids is 1. The van der Waals surface area contributed by atoms with Crippen LogP contribution in [0.3, 0.4) is 0 Å². The van der Waals surface area contributed by atoms with Crippen LogP contribution in [-0.2, 0) is 7.05 Å². The molecule has 0 spiro atoms. The molecule has 3 aromatic rings. The predicted octanol–water partition coefficient (Wildman–Crippen LogP) is 3.10. The van der Waals surface area contributed by atoms with E-state index in [2.05, 4.69) is 5.32 Å². The Morgan fingerprint density at radius 3 is 2.59 bits per heavy atom. The molecule has 0 bridgehead atoms. The predicted molar refractivity (Wildman–Crippen MR) is 88.3 cm³/mol. The number of fused-ring (bicyclic) bond motifs is 1. The van der Waals surface area contributed by atoms with Gasteiger partial charge < -0.3 is 9.88 Å². The maximum atomic E-state index is 12.5. The molecule has 0 unspecified atom stereocenters. The van der Waals surface area contributed by atoms with E-state index in [0.717, 1.165) is 22.2 Å². The van der Waals surface area contributed by atoms with Gasteiger partial charge in [-0.2, -0.15) is 0 Å².